The molecule has 0 radical (unpaired) electrons. The molecule has 4 heteroatoms. The average molecular weight is 1190 g/mol. The summed E-state index contributed by atoms with van der Waals surface area (Å²) in [6.45, 7) is 4.53. The fourth-order valence-electron chi connectivity index (χ4n) is 13.3. The van der Waals surface area contributed by atoms with Gasteiger partial charge in [0.1, 0.15) is 0 Å². The highest BCUT2D eigenvalue weighted by atomic mass is 32.1. The lowest BCUT2D eigenvalue weighted by molar-refractivity contribution is 1.24. The van der Waals surface area contributed by atoms with Gasteiger partial charge < -0.3 is 9.80 Å². The van der Waals surface area contributed by atoms with Gasteiger partial charge in [-0.3, -0.25) is 0 Å². The van der Waals surface area contributed by atoms with Crippen LogP contribution in [0.15, 0.2) is 328 Å². The topological polar surface area (TPSA) is 6.48 Å². The van der Waals surface area contributed by atoms with E-state index in [-0.39, 0.29) is 0 Å². The molecule has 0 fully saturated rings. The molecule has 0 bridgehead atoms. The Bertz CT molecular complexity index is 4990. The van der Waals surface area contributed by atoms with Gasteiger partial charge in [0.05, 0.1) is 11.4 Å². The Kier molecular flexibility index (Phi) is 14.1. The van der Waals surface area contributed by atoms with Gasteiger partial charge in [-0.05, 0) is 166 Å². The van der Waals surface area contributed by atoms with Gasteiger partial charge >= 0.3 is 0 Å². The number of rotatable bonds is 13. The highest BCUT2D eigenvalue weighted by molar-refractivity contribution is 7.26. The molecule has 0 aliphatic heterocycles. The summed E-state index contributed by atoms with van der Waals surface area (Å²) in [6, 6.07) is 120. The molecule has 90 heavy (non-hydrogen) atoms. The van der Waals surface area contributed by atoms with Gasteiger partial charge in [0, 0.05) is 85.3 Å². The van der Waals surface area contributed by atoms with Gasteiger partial charge in [-0.2, -0.15) is 0 Å². The lowest BCUT2D eigenvalue weighted by atomic mass is 9.96. The van der Waals surface area contributed by atoms with Gasteiger partial charge in [0.15, 0.2) is 0 Å². The number of aryl methyl sites for hydroxylation is 2. The van der Waals surface area contributed by atoms with Gasteiger partial charge in [-0.25, -0.2) is 0 Å². The van der Waals surface area contributed by atoms with Crippen LogP contribution < -0.4 is 9.80 Å². The van der Waals surface area contributed by atoms with E-state index in [1.165, 1.54) is 118 Å². The molecule has 0 amide bonds. The van der Waals surface area contributed by atoms with Crippen LogP contribution in [-0.4, -0.2) is 0 Å². The SMILES string of the molecule is Cc1cc(-c2ccc(N(c3ccc(-c4cccc(-c5ccccc5)c4)cc3)c3ccccc3-c3cccc4c3sc3ccccc34)c(C)c2)ccc1N(c1ccc(-c2cccc(-c3ccccc3)c2)cc1)c1ccccc1-c1cccc2c1sc1ccccc12. The van der Waals surface area contributed by atoms with Gasteiger partial charge in [-0.1, -0.05) is 243 Å². The lowest BCUT2D eigenvalue weighted by Gasteiger charge is -2.30. The molecule has 0 spiro atoms. The van der Waals surface area contributed by atoms with E-state index in [1.54, 1.807) is 0 Å². The number of hydrogen-bond acceptors (Lipinski definition) is 4. The number of fused-ring (bicyclic) bond motifs is 6. The van der Waals surface area contributed by atoms with E-state index in [0.717, 1.165) is 45.3 Å². The molecule has 0 unspecified atom stereocenters. The van der Waals surface area contributed by atoms with Crippen LogP contribution in [0.25, 0.3) is 118 Å². The third-order valence-electron chi connectivity index (χ3n) is 17.7. The smallest absolute Gasteiger partial charge is 0.0540 e. The second kappa shape index (κ2) is 23.3. The molecule has 426 valence electrons. The zero-order chi connectivity index (χ0) is 60.1. The number of thiophene rings is 2. The van der Waals surface area contributed by atoms with Crippen LogP contribution in [-0.2, 0) is 0 Å². The normalized spacial score (nSPS) is 11.4. The van der Waals surface area contributed by atoms with Crippen molar-refractivity contribution in [1.82, 2.24) is 0 Å². The number of nitrogens with zero attached hydrogens (tertiary/aromatic N) is 2. The van der Waals surface area contributed by atoms with E-state index in [1.807, 2.05) is 22.7 Å². The summed E-state index contributed by atoms with van der Waals surface area (Å²) in [4.78, 5) is 4.94. The van der Waals surface area contributed by atoms with E-state index in [0.29, 0.717) is 0 Å². The fraction of sp³-hybridized carbons (Fsp3) is 0.0233. The number of hydrogen-bond donors (Lipinski definition) is 0. The first-order valence-corrected chi connectivity index (χ1v) is 32.4. The first-order chi connectivity index (χ1) is 44.5. The van der Waals surface area contributed by atoms with Gasteiger partial charge in [0.25, 0.3) is 0 Å². The fourth-order valence-corrected chi connectivity index (χ4v) is 15.8. The molecule has 14 aromatic carbocycles. The third kappa shape index (κ3) is 10.0. The van der Waals surface area contributed by atoms with E-state index >= 15 is 0 Å². The summed E-state index contributed by atoms with van der Waals surface area (Å²) >= 11 is 3.75. The zero-order valence-electron chi connectivity index (χ0n) is 49.9. The zero-order valence-corrected chi connectivity index (χ0v) is 51.5. The largest absolute Gasteiger partial charge is 0.310 e. The van der Waals surface area contributed by atoms with Crippen molar-refractivity contribution in [2.75, 3.05) is 9.80 Å². The van der Waals surface area contributed by atoms with Crippen molar-refractivity contribution in [2.24, 2.45) is 0 Å². The standard InChI is InChI=1S/C86H60N2S2/c1-57-53-67(45-51-79(57)87(69-47-41-61(42-48-69)65-27-17-25-63(55-65)59-21-5-3-6-22-59)81-37-13-9-29-71(81)75-33-19-35-77-73-31-11-15-39-83(73)89-85(75)77)68-46-52-80(58(2)54-68)88(70-49-43-62(44-50-70)66-28-18-26-64(56-66)60-23-7-4-8-24-60)82-38-14-10-30-72(82)76-34-20-36-78-74-32-12-16-40-84(74)90-86(76)78/h3-56H,1-2H3. The molecular weight excluding hydrogens is 1130 g/mol. The summed E-state index contributed by atoms with van der Waals surface area (Å²) in [5.41, 5.74) is 25.7. The Labute approximate surface area is 533 Å². The van der Waals surface area contributed by atoms with Crippen molar-refractivity contribution in [1.29, 1.82) is 0 Å². The van der Waals surface area contributed by atoms with Crippen LogP contribution in [0.5, 0.6) is 0 Å². The summed E-state index contributed by atoms with van der Waals surface area (Å²) in [5, 5.41) is 5.16. The van der Waals surface area contributed by atoms with E-state index < -0.39 is 0 Å². The minimum atomic E-state index is 1.09. The Morgan fingerprint density at radius 2 is 0.511 bits per heavy atom. The van der Waals surface area contributed by atoms with Crippen LogP contribution in [0, 0.1) is 13.8 Å². The number of anilines is 6. The minimum absolute atomic E-state index is 1.09. The Balaban J connectivity index is 0.798. The summed E-state index contributed by atoms with van der Waals surface area (Å²) < 4.78 is 5.18. The summed E-state index contributed by atoms with van der Waals surface area (Å²) in [7, 11) is 0. The van der Waals surface area contributed by atoms with E-state index in [4.69, 9.17) is 0 Å². The maximum Gasteiger partial charge on any atom is 0.0540 e. The first-order valence-electron chi connectivity index (χ1n) is 30.8. The maximum atomic E-state index is 2.47. The Hall–Kier alpha value is -10.9. The van der Waals surface area contributed by atoms with Crippen LogP contribution in [0.3, 0.4) is 0 Å². The van der Waals surface area contributed by atoms with Crippen molar-refractivity contribution in [3.63, 3.8) is 0 Å². The predicted octanol–water partition coefficient (Wildman–Crippen LogP) is 25.6. The van der Waals surface area contributed by atoms with Crippen molar-refractivity contribution in [3.05, 3.63) is 339 Å². The van der Waals surface area contributed by atoms with Crippen molar-refractivity contribution < 1.29 is 0 Å². The molecule has 0 N–H and O–H groups in total. The van der Waals surface area contributed by atoms with Crippen LogP contribution in [0.2, 0.25) is 0 Å². The van der Waals surface area contributed by atoms with Crippen LogP contribution in [0.4, 0.5) is 34.1 Å². The Morgan fingerprint density at radius 1 is 0.211 bits per heavy atom. The molecule has 0 aliphatic rings. The monoisotopic (exact) mass is 1180 g/mol. The highest BCUT2D eigenvalue weighted by Gasteiger charge is 2.24. The molecular formula is C86H60N2S2. The first kappa shape index (κ1) is 54.5. The quantitative estimate of drug-likeness (QED) is 0.114. The van der Waals surface area contributed by atoms with Crippen LogP contribution in [0.1, 0.15) is 11.1 Å². The van der Waals surface area contributed by atoms with Crippen LogP contribution >= 0.6 is 22.7 Å². The molecule has 2 nitrogen and oxygen atoms in total. The van der Waals surface area contributed by atoms with Gasteiger partial charge in [-0.15, -0.1) is 22.7 Å². The molecule has 2 aromatic heterocycles. The summed E-state index contributed by atoms with van der Waals surface area (Å²) in [5.74, 6) is 0. The second-order valence-corrected chi connectivity index (χ2v) is 25.4. The Morgan fingerprint density at radius 3 is 0.922 bits per heavy atom. The second-order valence-electron chi connectivity index (χ2n) is 23.3. The molecule has 0 atom stereocenters. The number of benzene rings is 14. The molecule has 16 rings (SSSR count). The molecule has 16 aromatic rings. The van der Waals surface area contributed by atoms with Crippen molar-refractivity contribution in [2.45, 2.75) is 13.8 Å². The average Bonchev–Trinajstić information content (AvgIpc) is 1.67. The van der Waals surface area contributed by atoms with E-state index in [9.17, 15) is 0 Å². The van der Waals surface area contributed by atoms with Gasteiger partial charge in [0.2, 0.25) is 0 Å². The molecule has 0 saturated heterocycles. The van der Waals surface area contributed by atoms with Crippen molar-refractivity contribution in [3.8, 4) is 77.9 Å². The minimum Gasteiger partial charge on any atom is -0.310 e. The maximum absolute atomic E-state index is 2.47. The third-order valence-corrected chi connectivity index (χ3v) is 20.2. The molecule has 0 aliphatic carbocycles. The summed E-state index contributed by atoms with van der Waals surface area (Å²) in [6.07, 6.45) is 0. The molecule has 2 heterocycles. The molecule has 0 saturated carbocycles. The number of para-hydroxylation sites is 2. The van der Waals surface area contributed by atoms with E-state index in [2.05, 4.69) is 351 Å². The lowest BCUT2D eigenvalue weighted by Crippen LogP contribution is -2.13. The highest BCUT2D eigenvalue weighted by Crippen LogP contribution is 2.50. The predicted molar refractivity (Wildman–Crippen MR) is 389 cm³/mol. The van der Waals surface area contributed by atoms with Crippen molar-refractivity contribution >= 4 is 97.1 Å².